The van der Waals surface area contributed by atoms with Crippen molar-refractivity contribution in [3.8, 4) is 5.75 Å². The Bertz CT molecular complexity index is 736. The van der Waals surface area contributed by atoms with E-state index in [0.29, 0.717) is 15.9 Å². The van der Waals surface area contributed by atoms with E-state index in [1.54, 1.807) is 24.3 Å². The van der Waals surface area contributed by atoms with Crippen LogP contribution in [0.2, 0.25) is 0 Å². The van der Waals surface area contributed by atoms with E-state index in [0.717, 1.165) is 6.07 Å². The summed E-state index contributed by atoms with van der Waals surface area (Å²) in [4.78, 5) is 23.5. The number of benzene rings is 2. The molecule has 0 radical (unpaired) electrons. The Morgan fingerprint density at radius 1 is 1.22 bits per heavy atom. The Morgan fingerprint density at radius 3 is 2.70 bits per heavy atom. The Morgan fingerprint density at radius 2 is 2.00 bits per heavy atom. The second kappa shape index (κ2) is 7.73. The van der Waals surface area contributed by atoms with E-state index in [1.165, 1.54) is 19.2 Å². The van der Waals surface area contributed by atoms with Crippen LogP contribution in [0.15, 0.2) is 46.9 Å². The van der Waals surface area contributed by atoms with Gasteiger partial charge in [-0.1, -0.05) is 22.0 Å². The highest BCUT2D eigenvalue weighted by Gasteiger charge is 2.15. The zero-order valence-electron chi connectivity index (χ0n) is 12.1. The van der Waals surface area contributed by atoms with Gasteiger partial charge in [-0.05, 0) is 30.3 Å². The molecule has 7 heteroatoms. The first-order chi connectivity index (χ1) is 11.0. The number of halogens is 2. The van der Waals surface area contributed by atoms with Crippen LogP contribution in [0.1, 0.15) is 10.4 Å². The third-order valence-electron chi connectivity index (χ3n) is 2.84. The fourth-order valence-corrected chi connectivity index (χ4v) is 2.09. The van der Waals surface area contributed by atoms with Crippen molar-refractivity contribution in [1.82, 2.24) is 0 Å². The van der Waals surface area contributed by atoms with Crippen LogP contribution in [0.5, 0.6) is 5.75 Å². The normalized spacial score (nSPS) is 10.0. The first-order valence-corrected chi connectivity index (χ1v) is 7.35. The van der Waals surface area contributed by atoms with Gasteiger partial charge < -0.3 is 14.8 Å². The van der Waals surface area contributed by atoms with Crippen LogP contribution >= 0.6 is 15.9 Å². The summed E-state index contributed by atoms with van der Waals surface area (Å²) in [7, 11) is 1.51. The second-order valence-corrected chi connectivity index (χ2v) is 5.40. The highest BCUT2D eigenvalue weighted by molar-refractivity contribution is 9.10. The molecule has 1 amide bonds. The molecule has 0 saturated heterocycles. The van der Waals surface area contributed by atoms with Gasteiger partial charge in [0, 0.05) is 16.2 Å². The molecule has 23 heavy (non-hydrogen) atoms. The van der Waals surface area contributed by atoms with Crippen LogP contribution in [0.25, 0.3) is 0 Å². The molecule has 0 bridgehead atoms. The lowest BCUT2D eigenvalue weighted by molar-refractivity contribution is -0.119. The minimum absolute atomic E-state index is 0.234. The SMILES string of the molecule is COc1cccc(NC(=O)COC(=O)c2ccc(Br)cc2F)c1. The van der Waals surface area contributed by atoms with Gasteiger partial charge in [-0.3, -0.25) is 4.79 Å². The molecular weight excluding hydrogens is 369 g/mol. The van der Waals surface area contributed by atoms with Crippen molar-refractivity contribution in [3.05, 3.63) is 58.3 Å². The van der Waals surface area contributed by atoms with E-state index in [2.05, 4.69) is 21.2 Å². The smallest absolute Gasteiger partial charge is 0.341 e. The summed E-state index contributed by atoms with van der Waals surface area (Å²) in [6.07, 6.45) is 0. The van der Waals surface area contributed by atoms with Gasteiger partial charge in [0.1, 0.15) is 11.6 Å². The summed E-state index contributed by atoms with van der Waals surface area (Å²) >= 11 is 3.09. The van der Waals surface area contributed by atoms with E-state index in [-0.39, 0.29) is 5.56 Å². The zero-order valence-corrected chi connectivity index (χ0v) is 13.7. The summed E-state index contributed by atoms with van der Waals surface area (Å²) in [6.45, 7) is -0.522. The van der Waals surface area contributed by atoms with Crippen LogP contribution in [-0.2, 0) is 9.53 Å². The van der Waals surface area contributed by atoms with Crippen molar-refractivity contribution >= 4 is 33.5 Å². The number of methoxy groups -OCH3 is 1. The standard InChI is InChI=1S/C16H13BrFNO4/c1-22-12-4-2-3-11(8-12)19-15(20)9-23-16(21)13-6-5-10(17)7-14(13)18/h2-8H,9H2,1H3,(H,19,20). The molecule has 5 nitrogen and oxygen atoms in total. The van der Waals surface area contributed by atoms with E-state index >= 15 is 0 Å². The number of rotatable bonds is 5. The molecule has 0 heterocycles. The Labute approximate surface area is 140 Å². The van der Waals surface area contributed by atoms with Crippen LogP contribution in [0, 0.1) is 5.82 Å². The lowest BCUT2D eigenvalue weighted by Gasteiger charge is -2.08. The summed E-state index contributed by atoms with van der Waals surface area (Å²) in [6, 6.07) is 10.7. The molecular formula is C16H13BrFNO4. The number of hydrogen-bond acceptors (Lipinski definition) is 4. The monoisotopic (exact) mass is 381 g/mol. The summed E-state index contributed by atoms with van der Waals surface area (Å²) in [5.41, 5.74) is 0.266. The Hall–Kier alpha value is -2.41. The minimum atomic E-state index is -0.907. The van der Waals surface area contributed by atoms with E-state index in [4.69, 9.17) is 9.47 Å². The summed E-state index contributed by atoms with van der Waals surface area (Å²) in [5, 5.41) is 2.55. The molecule has 2 rings (SSSR count). The number of anilines is 1. The molecule has 2 aromatic rings. The average Bonchev–Trinajstić information content (AvgIpc) is 2.53. The van der Waals surface area contributed by atoms with Gasteiger partial charge >= 0.3 is 5.97 Å². The van der Waals surface area contributed by atoms with Crippen LogP contribution in [0.3, 0.4) is 0 Å². The summed E-state index contributed by atoms with van der Waals surface area (Å²) < 4.78 is 23.9. The molecule has 0 saturated carbocycles. The van der Waals surface area contributed by atoms with Crippen LogP contribution < -0.4 is 10.1 Å². The minimum Gasteiger partial charge on any atom is -0.497 e. The van der Waals surface area contributed by atoms with Gasteiger partial charge in [-0.15, -0.1) is 0 Å². The highest BCUT2D eigenvalue weighted by Crippen LogP contribution is 2.17. The Balaban J connectivity index is 1.92. The molecule has 120 valence electrons. The molecule has 0 spiro atoms. The van der Waals surface area contributed by atoms with Crippen molar-refractivity contribution in [1.29, 1.82) is 0 Å². The number of nitrogens with one attached hydrogen (secondary N) is 1. The number of amides is 1. The lowest BCUT2D eigenvalue weighted by atomic mass is 10.2. The molecule has 0 aliphatic carbocycles. The maximum absolute atomic E-state index is 13.6. The van der Waals surface area contributed by atoms with Crippen molar-refractivity contribution < 1.29 is 23.5 Å². The fraction of sp³-hybridized carbons (Fsp3) is 0.125. The van der Waals surface area contributed by atoms with Gasteiger partial charge in [0.25, 0.3) is 5.91 Å². The highest BCUT2D eigenvalue weighted by atomic mass is 79.9. The fourth-order valence-electron chi connectivity index (χ4n) is 1.76. The number of ether oxygens (including phenoxy) is 2. The van der Waals surface area contributed by atoms with Crippen LogP contribution in [0.4, 0.5) is 10.1 Å². The third-order valence-corrected chi connectivity index (χ3v) is 3.33. The van der Waals surface area contributed by atoms with E-state index in [1.807, 2.05) is 0 Å². The van der Waals surface area contributed by atoms with Crippen molar-refractivity contribution in [2.45, 2.75) is 0 Å². The van der Waals surface area contributed by atoms with E-state index < -0.39 is 24.3 Å². The lowest BCUT2D eigenvalue weighted by Crippen LogP contribution is -2.21. The maximum Gasteiger partial charge on any atom is 0.341 e. The Kier molecular flexibility index (Phi) is 5.70. The maximum atomic E-state index is 13.6. The van der Waals surface area contributed by atoms with Crippen molar-refractivity contribution in [2.75, 3.05) is 19.0 Å². The van der Waals surface area contributed by atoms with Crippen molar-refractivity contribution in [3.63, 3.8) is 0 Å². The molecule has 2 aromatic carbocycles. The van der Waals surface area contributed by atoms with Gasteiger partial charge in [-0.2, -0.15) is 0 Å². The number of esters is 1. The first kappa shape index (κ1) is 17.0. The molecule has 0 aliphatic rings. The largest absolute Gasteiger partial charge is 0.497 e. The van der Waals surface area contributed by atoms with Gasteiger partial charge in [0.15, 0.2) is 6.61 Å². The number of carbonyl (C=O) groups is 2. The van der Waals surface area contributed by atoms with Gasteiger partial charge in [-0.25, -0.2) is 9.18 Å². The summed E-state index contributed by atoms with van der Waals surface area (Å²) in [5.74, 6) is -1.59. The molecule has 1 N–H and O–H groups in total. The van der Waals surface area contributed by atoms with Crippen LogP contribution in [-0.4, -0.2) is 25.6 Å². The van der Waals surface area contributed by atoms with Gasteiger partial charge in [0.2, 0.25) is 0 Å². The van der Waals surface area contributed by atoms with E-state index in [9.17, 15) is 14.0 Å². The predicted octanol–water partition coefficient (Wildman–Crippen LogP) is 3.39. The number of carbonyl (C=O) groups excluding carboxylic acids is 2. The molecule has 0 unspecified atom stereocenters. The average molecular weight is 382 g/mol. The second-order valence-electron chi connectivity index (χ2n) is 4.48. The molecule has 0 atom stereocenters. The molecule has 0 fully saturated rings. The van der Waals surface area contributed by atoms with Gasteiger partial charge in [0.05, 0.1) is 12.7 Å². The predicted molar refractivity (Wildman–Crippen MR) is 86.0 cm³/mol. The number of hydrogen-bond donors (Lipinski definition) is 1. The van der Waals surface area contributed by atoms with Crippen molar-refractivity contribution in [2.24, 2.45) is 0 Å². The third kappa shape index (κ3) is 4.79. The molecule has 0 aromatic heterocycles. The zero-order chi connectivity index (χ0) is 16.8. The first-order valence-electron chi connectivity index (χ1n) is 6.55. The topological polar surface area (TPSA) is 64.6 Å². The molecule has 0 aliphatic heterocycles. The quantitative estimate of drug-likeness (QED) is 0.806.